The molecular formula is C19H25N3O2. The number of amides is 2. The van der Waals surface area contributed by atoms with E-state index in [1.165, 1.54) is 0 Å². The Balaban J connectivity index is 1.38. The molecule has 2 saturated heterocycles. The molecular weight excluding hydrogens is 302 g/mol. The number of likely N-dealkylation sites (tertiary alicyclic amines) is 2. The van der Waals surface area contributed by atoms with Crippen LogP contribution in [-0.2, 0) is 9.59 Å². The molecule has 128 valence electrons. The topological polar surface area (TPSA) is 53.5 Å². The van der Waals surface area contributed by atoms with Gasteiger partial charge in [-0.1, -0.05) is 6.07 Å². The monoisotopic (exact) mass is 327 g/mol. The van der Waals surface area contributed by atoms with Crippen LogP contribution >= 0.6 is 0 Å². The zero-order valence-corrected chi connectivity index (χ0v) is 14.1. The minimum atomic E-state index is 0.0746. The van der Waals surface area contributed by atoms with Crippen LogP contribution in [-0.4, -0.2) is 46.2 Å². The molecule has 1 atom stereocenters. The van der Waals surface area contributed by atoms with E-state index in [2.05, 4.69) is 16.0 Å². The van der Waals surface area contributed by atoms with Crippen molar-refractivity contribution in [2.75, 3.05) is 19.6 Å². The van der Waals surface area contributed by atoms with Crippen molar-refractivity contribution in [2.45, 2.75) is 44.6 Å². The van der Waals surface area contributed by atoms with Crippen LogP contribution in [0.5, 0.6) is 0 Å². The van der Waals surface area contributed by atoms with Crippen LogP contribution in [0.3, 0.4) is 0 Å². The molecule has 0 radical (unpaired) electrons. The van der Waals surface area contributed by atoms with Crippen molar-refractivity contribution in [1.29, 1.82) is 0 Å². The Labute approximate surface area is 143 Å². The SMILES string of the molecule is O=C(C1CC1)N1CCC(C(=O)N2CCCC2c2cccnc2)CC1. The third kappa shape index (κ3) is 3.04. The summed E-state index contributed by atoms with van der Waals surface area (Å²) in [6.07, 6.45) is 9.47. The maximum absolute atomic E-state index is 13.0. The Hall–Kier alpha value is -1.91. The molecule has 3 aliphatic rings. The largest absolute Gasteiger partial charge is 0.342 e. The van der Waals surface area contributed by atoms with Crippen molar-refractivity contribution < 1.29 is 9.59 Å². The van der Waals surface area contributed by atoms with E-state index >= 15 is 0 Å². The van der Waals surface area contributed by atoms with E-state index in [9.17, 15) is 9.59 Å². The average molecular weight is 327 g/mol. The quantitative estimate of drug-likeness (QED) is 0.856. The molecule has 0 N–H and O–H groups in total. The Morgan fingerprint density at radius 2 is 1.71 bits per heavy atom. The lowest BCUT2D eigenvalue weighted by atomic mass is 9.94. The van der Waals surface area contributed by atoms with E-state index in [1.807, 2.05) is 17.2 Å². The highest BCUT2D eigenvalue weighted by Gasteiger charge is 2.38. The number of rotatable bonds is 3. The maximum atomic E-state index is 13.0. The molecule has 1 aromatic heterocycles. The second kappa shape index (κ2) is 6.54. The van der Waals surface area contributed by atoms with E-state index in [1.54, 1.807) is 6.20 Å². The van der Waals surface area contributed by atoms with Gasteiger partial charge in [0.2, 0.25) is 11.8 Å². The number of nitrogens with zero attached hydrogens (tertiary/aromatic N) is 3. The summed E-state index contributed by atoms with van der Waals surface area (Å²) in [7, 11) is 0. The molecule has 2 aliphatic heterocycles. The van der Waals surface area contributed by atoms with Gasteiger partial charge in [-0.25, -0.2) is 0 Å². The van der Waals surface area contributed by atoms with Crippen LogP contribution in [0.25, 0.3) is 0 Å². The summed E-state index contributed by atoms with van der Waals surface area (Å²) in [6.45, 7) is 2.34. The molecule has 5 nitrogen and oxygen atoms in total. The summed E-state index contributed by atoms with van der Waals surface area (Å²) in [5, 5.41) is 0. The number of carbonyl (C=O) groups is 2. The lowest BCUT2D eigenvalue weighted by Crippen LogP contribution is -2.44. The first-order valence-corrected chi connectivity index (χ1v) is 9.23. The normalized spacial score (nSPS) is 25.1. The van der Waals surface area contributed by atoms with Gasteiger partial charge < -0.3 is 9.80 Å². The minimum absolute atomic E-state index is 0.0746. The Kier molecular flexibility index (Phi) is 4.25. The second-order valence-electron chi connectivity index (χ2n) is 7.35. The summed E-state index contributed by atoms with van der Waals surface area (Å²) in [5.74, 6) is 0.950. The fourth-order valence-corrected chi connectivity index (χ4v) is 4.12. The first-order valence-electron chi connectivity index (χ1n) is 9.23. The highest BCUT2D eigenvalue weighted by Crippen LogP contribution is 2.35. The highest BCUT2D eigenvalue weighted by atomic mass is 16.2. The number of carbonyl (C=O) groups excluding carboxylic acids is 2. The molecule has 0 spiro atoms. The fourth-order valence-electron chi connectivity index (χ4n) is 4.12. The molecule has 2 amide bonds. The van der Waals surface area contributed by atoms with Gasteiger partial charge in [0.25, 0.3) is 0 Å². The molecule has 5 heteroatoms. The Bertz CT molecular complexity index is 606. The average Bonchev–Trinajstić information content (AvgIpc) is 3.38. The lowest BCUT2D eigenvalue weighted by Gasteiger charge is -2.35. The minimum Gasteiger partial charge on any atom is -0.342 e. The predicted octanol–water partition coefficient (Wildman–Crippen LogP) is 2.39. The zero-order valence-electron chi connectivity index (χ0n) is 14.1. The van der Waals surface area contributed by atoms with Gasteiger partial charge in [-0.05, 0) is 50.2 Å². The fraction of sp³-hybridized carbons (Fsp3) is 0.632. The Morgan fingerprint density at radius 3 is 2.38 bits per heavy atom. The van der Waals surface area contributed by atoms with Gasteiger partial charge in [0.15, 0.2) is 0 Å². The van der Waals surface area contributed by atoms with E-state index in [-0.39, 0.29) is 23.8 Å². The number of piperidine rings is 1. The van der Waals surface area contributed by atoms with Gasteiger partial charge in [0.1, 0.15) is 0 Å². The summed E-state index contributed by atoms with van der Waals surface area (Å²) in [4.78, 5) is 33.4. The molecule has 1 unspecified atom stereocenters. The molecule has 24 heavy (non-hydrogen) atoms. The van der Waals surface area contributed by atoms with Gasteiger partial charge in [0, 0.05) is 43.9 Å². The van der Waals surface area contributed by atoms with E-state index in [0.29, 0.717) is 5.91 Å². The summed E-state index contributed by atoms with van der Waals surface area (Å²) in [5.41, 5.74) is 1.14. The lowest BCUT2D eigenvalue weighted by molar-refractivity contribution is -0.142. The third-order valence-electron chi connectivity index (χ3n) is 5.69. The van der Waals surface area contributed by atoms with Crippen LogP contribution in [0.4, 0.5) is 0 Å². The van der Waals surface area contributed by atoms with Crippen LogP contribution < -0.4 is 0 Å². The highest BCUT2D eigenvalue weighted by molar-refractivity contribution is 5.82. The van der Waals surface area contributed by atoms with Crippen LogP contribution in [0.15, 0.2) is 24.5 Å². The van der Waals surface area contributed by atoms with Crippen molar-refractivity contribution in [3.8, 4) is 0 Å². The third-order valence-corrected chi connectivity index (χ3v) is 5.69. The van der Waals surface area contributed by atoms with Crippen molar-refractivity contribution in [3.63, 3.8) is 0 Å². The molecule has 4 rings (SSSR count). The molecule has 0 aromatic carbocycles. The molecule has 3 heterocycles. The standard InChI is InChI=1S/C19H25N3O2/c23-18(14-5-6-14)21-11-7-15(8-12-21)19(24)22-10-2-4-17(22)16-3-1-9-20-13-16/h1,3,9,13-15,17H,2,4-8,10-12H2. The molecule has 3 fully saturated rings. The number of hydrogen-bond acceptors (Lipinski definition) is 3. The van der Waals surface area contributed by atoms with Gasteiger partial charge in [-0.15, -0.1) is 0 Å². The molecule has 1 aliphatic carbocycles. The zero-order chi connectivity index (χ0) is 16.5. The first kappa shape index (κ1) is 15.6. The van der Waals surface area contributed by atoms with Crippen LogP contribution in [0.1, 0.15) is 50.1 Å². The summed E-state index contributed by atoms with van der Waals surface area (Å²) in [6, 6.07) is 4.19. The molecule has 1 aromatic rings. The summed E-state index contributed by atoms with van der Waals surface area (Å²) >= 11 is 0. The predicted molar refractivity (Wildman–Crippen MR) is 90.0 cm³/mol. The van der Waals surface area contributed by atoms with Crippen molar-refractivity contribution in [3.05, 3.63) is 30.1 Å². The summed E-state index contributed by atoms with van der Waals surface area (Å²) < 4.78 is 0. The number of hydrogen-bond donors (Lipinski definition) is 0. The van der Waals surface area contributed by atoms with Gasteiger partial charge in [-0.2, -0.15) is 0 Å². The van der Waals surface area contributed by atoms with Crippen molar-refractivity contribution in [1.82, 2.24) is 14.8 Å². The number of pyridine rings is 1. The van der Waals surface area contributed by atoms with E-state index in [0.717, 1.165) is 63.7 Å². The van der Waals surface area contributed by atoms with Crippen molar-refractivity contribution >= 4 is 11.8 Å². The molecule has 1 saturated carbocycles. The van der Waals surface area contributed by atoms with E-state index in [4.69, 9.17) is 0 Å². The van der Waals surface area contributed by atoms with Gasteiger partial charge >= 0.3 is 0 Å². The van der Waals surface area contributed by atoms with Crippen LogP contribution in [0, 0.1) is 11.8 Å². The van der Waals surface area contributed by atoms with E-state index < -0.39 is 0 Å². The van der Waals surface area contributed by atoms with Crippen molar-refractivity contribution in [2.24, 2.45) is 11.8 Å². The number of aromatic nitrogens is 1. The van der Waals surface area contributed by atoms with Crippen LogP contribution in [0.2, 0.25) is 0 Å². The smallest absolute Gasteiger partial charge is 0.226 e. The first-order chi connectivity index (χ1) is 11.7. The maximum Gasteiger partial charge on any atom is 0.226 e. The molecule has 0 bridgehead atoms. The second-order valence-corrected chi connectivity index (χ2v) is 7.35. The van der Waals surface area contributed by atoms with Gasteiger partial charge in [0.05, 0.1) is 6.04 Å². The van der Waals surface area contributed by atoms with Gasteiger partial charge in [-0.3, -0.25) is 14.6 Å². The Morgan fingerprint density at radius 1 is 0.958 bits per heavy atom.